The van der Waals surface area contributed by atoms with Crippen LogP contribution in [0.2, 0.25) is 0 Å². The zero-order chi connectivity index (χ0) is 22.3. The number of pyridine rings is 1. The molecule has 31 heavy (non-hydrogen) atoms. The van der Waals surface area contributed by atoms with Gasteiger partial charge in [-0.15, -0.1) is 0 Å². The van der Waals surface area contributed by atoms with E-state index < -0.39 is 17.7 Å². The average molecular weight is 436 g/mol. The van der Waals surface area contributed by atoms with Gasteiger partial charge < -0.3 is 0 Å². The van der Waals surface area contributed by atoms with Gasteiger partial charge in [-0.05, 0) is 55.2 Å². The first kappa shape index (κ1) is 23.7. The van der Waals surface area contributed by atoms with Gasteiger partial charge in [0.1, 0.15) is 11.5 Å². The molecule has 1 fully saturated rings. The topological polar surface area (TPSA) is 12.9 Å². The molecule has 170 valence electrons. The van der Waals surface area contributed by atoms with Crippen LogP contribution in [0.25, 0.3) is 11.1 Å². The molecule has 1 aromatic heterocycles. The molecule has 5 heteroatoms. The Balaban J connectivity index is 1.52. The summed E-state index contributed by atoms with van der Waals surface area (Å²) in [5, 5.41) is 0. The van der Waals surface area contributed by atoms with Gasteiger partial charge in [0.15, 0.2) is 0 Å². The molecule has 0 amide bonds. The summed E-state index contributed by atoms with van der Waals surface area (Å²) < 4.78 is 52.8. The van der Waals surface area contributed by atoms with E-state index in [1.807, 2.05) is 6.07 Å². The third-order valence-electron chi connectivity index (χ3n) is 6.64. The summed E-state index contributed by atoms with van der Waals surface area (Å²) in [5.74, 6) is 0.771. The molecule has 0 atom stereocenters. The molecule has 0 saturated heterocycles. The second kappa shape index (κ2) is 11.1. The van der Waals surface area contributed by atoms with Crippen molar-refractivity contribution in [3.63, 3.8) is 0 Å². The van der Waals surface area contributed by atoms with Crippen LogP contribution < -0.4 is 0 Å². The highest BCUT2D eigenvalue weighted by atomic mass is 19.4. The van der Waals surface area contributed by atoms with Crippen LogP contribution in [0.3, 0.4) is 0 Å². The van der Waals surface area contributed by atoms with Crippen molar-refractivity contribution >= 4 is 0 Å². The Labute approximate surface area is 183 Å². The van der Waals surface area contributed by atoms with Gasteiger partial charge in [-0.2, -0.15) is 13.2 Å². The Hall–Kier alpha value is -1.91. The largest absolute Gasteiger partial charge is 0.433 e. The van der Waals surface area contributed by atoms with Crippen LogP contribution in [-0.2, 0) is 6.18 Å². The number of hydrogen-bond donors (Lipinski definition) is 0. The maximum absolute atomic E-state index is 14.7. The quantitative estimate of drug-likeness (QED) is 0.283. The minimum Gasteiger partial charge on any atom is -0.251 e. The molecule has 0 radical (unpaired) electrons. The lowest BCUT2D eigenvalue weighted by molar-refractivity contribution is -0.141. The second-order valence-corrected chi connectivity index (χ2v) is 8.94. The standard InChI is InChI=1S/C26H33F4N/c1-2-3-4-5-6-7-8-19-9-11-20(12-10-19)21-13-15-23(24(27)17-21)22-14-16-25(31-18-22)26(28,29)30/h13-20H,2-12H2,1H3/t19-,20-. The highest BCUT2D eigenvalue weighted by Crippen LogP contribution is 2.39. The van der Waals surface area contributed by atoms with Gasteiger partial charge in [0.05, 0.1) is 0 Å². The van der Waals surface area contributed by atoms with Crippen molar-refractivity contribution in [2.75, 3.05) is 0 Å². The van der Waals surface area contributed by atoms with Gasteiger partial charge in [-0.1, -0.05) is 70.1 Å². The van der Waals surface area contributed by atoms with Gasteiger partial charge >= 0.3 is 6.18 Å². The summed E-state index contributed by atoms with van der Waals surface area (Å²) in [6.45, 7) is 2.24. The van der Waals surface area contributed by atoms with E-state index in [4.69, 9.17) is 0 Å². The van der Waals surface area contributed by atoms with Crippen LogP contribution in [0.5, 0.6) is 0 Å². The Morgan fingerprint density at radius 3 is 2.23 bits per heavy atom. The van der Waals surface area contributed by atoms with Crippen molar-refractivity contribution in [1.82, 2.24) is 4.98 Å². The number of nitrogens with zero attached hydrogens (tertiary/aromatic N) is 1. The van der Waals surface area contributed by atoms with E-state index in [0.717, 1.165) is 36.6 Å². The van der Waals surface area contributed by atoms with Crippen LogP contribution in [0, 0.1) is 11.7 Å². The maximum Gasteiger partial charge on any atom is 0.433 e. The summed E-state index contributed by atoms with van der Waals surface area (Å²) in [5.41, 5.74) is 0.687. The number of alkyl halides is 3. The fourth-order valence-corrected chi connectivity index (χ4v) is 4.74. The Morgan fingerprint density at radius 2 is 1.61 bits per heavy atom. The Kier molecular flexibility index (Phi) is 8.50. The van der Waals surface area contributed by atoms with E-state index in [9.17, 15) is 17.6 Å². The highest BCUT2D eigenvalue weighted by Gasteiger charge is 2.32. The van der Waals surface area contributed by atoms with Crippen molar-refractivity contribution in [1.29, 1.82) is 0 Å². The number of halogens is 4. The van der Waals surface area contributed by atoms with Crippen LogP contribution in [-0.4, -0.2) is 4.98 Å². The number of rotatable bonds is 9. The van der Waals surface area contributed by atoms with Crippen molar-refractivity contribution in [3.8, 4) is 11.1 Å². The lowest BCUT2D eigenvalue weighted by Crippen LogP contribution is -2.13. The van der Waals surface area contributed by atoms with Crippen LogP contribution in [0.4, 0.5) is 17.6 Å². The molecule has 3 rings (SSSR count). The lowest BCUT2D eigenvalue weighted by Gasteiger charge is -2.29. The zero-order valence-corrected chi connectivity index (χ0v) is 18.4. The fraction of sp³-hybridized carbons (Fsp3) is 0.577. The summed E-state index contributed by atoms with van der Waals surface area (Å²) >= 11 is 0. The normalized spacial score (nSPS) is 19.5. The van der Waals surface area contributed by atoms with Crippen LogP contribution in [0.15, 0.2) is 36.5 Å². The lowest BCUT2D eigenvalue weighted by atomic mass is 9.77. The summed E-state index contributed by atoms with van der Waals surface area (Å²) in [6, 6.07) is 7.34. The van der Waals surface area contributed by atoms with Gasteiger partial charge in [0.25, 0.3) is 0 Å². The molecule has 0 aliphatic heterocycles. The third kappa shape index (κ3) is 6.78. The molecular weight excluding hydrogens is 402 g/mol. The predicted molar refractivity (Wildman–Crippen MR) is 117 cm³/mol. The molecule has 1 aromatic carbocycles. The molecule has 1 saturated carbocycles. The molecule has 0 spiro atoms. The number of hydrogen-bond acceptors (Lipinski definition) is 1. The first-order chi connectivity index (χ1) is 14.9. The van der Waals surface area contributed by atoms with Crippen molar-refractivity contribution in [2.24, 2.45) is 5.92 Å². The molecule has 0 N–H and O–H groups in total. The predicted octanol–water partition coefficient (Wildman–Crippen LogP) is 8.93. The number of benzene rings is 1. The molecule has 1 aliphatic carbocycles. The van der Waals surface area contributed by atoms with E-state index in [1.54, 1.807) is 12.1 Å². The number of aromatic nitrogens is 1. The third-order valence-corrected chi connectivity index (χ3v) is 6.64. The summed E-state index contributed by atoms with van der Waals surface area (Å²) in [7, 11) is 0. The minimum absolute atomic E-state index is 0.293. The molecule has 2 aromatic rings. The number of unbranched alkanes of at least 4 members (excludes halogenated alkanes) is 5. The molecule has 0 bridgehead atoms. The minimum atomic E-state index is -4.49. The molecular formula is C26H33F4N. The zero-order valence-electron chi connectivity index (χ0n) is 18.4. The Bertz CT molecular complexity index is 805. The van der Waals surface area contributed by atoms with Crippen molar-refractivity contribution < 1.29 is 17.6 Å². The average Bonchev–Trinajstić information content (AvgIpc) is 2.76. The van der Waals surface area contributed by atoms with Gasteiger partial charge in [-0.3, -0.25) is 4.98 Å². The molecule has 1 aliphatic rings. The van der Waals surface area contributed by atoms with Gasteiger partial charge in [0.2, 0.25) is 0 Å². The van der Waals surface area contributed by atoms with Crippen molar-refractivity contribution in [3.05, 3.63) is 53.6 Å². The second-order valence-electron chi connectivity index (χ2n) is 8.94. The van der Waals surface area contributed by atoms with Gasteiger partial charge in [0, 0.05) is 17.3 Å². The molecule has 1 nitrogen and oxygen atoms in total. The van der Waals surface area contributed by atoms with E-state index in [-0.39, 0.29) is 0 Å². The van der Waals surface area contributed by atoms with E-state index in [0.29, 0.717) is 17.0 Å². The van der Waals surface area contributed by atoms with Crippen LogP contribution in [0.1, 0.15) is 94.7 Å². The first-order valence-corrected chi connectivity index (χ1v) is 11.7. The SMILES string of the molecule is CCCCCCCC[C@H]1CC[C@H](c2ccc(-c3ccc(C(F)(F)F)nc3)c(F)c2)CC1. The van der Waals surface area contributed by atoms with E-state index in [1.165, 1.54) is 63.9 Å². The highest BCUT2D eigenvalue weighted by molar-refractivity contribution is 5.63. The van der Waals surface area contributed by atoms with Gasteiger partial charge in [-0.25, -0.2) is 4.39 Å². The van der Waals surface area contributed by atoms with E-state index in [2.05, 4.69) is 11.9 Å². The first-order valence-electron chi connectivity index (χ1n) is 11.7. The van der Waals surface area contributed by atoms with E-state index >= 15 is 0 Å². The summed E-state index contributed by atoms with van der Waals surface area (Å²) in [6.07, 6.45) is 10.5. The molecule has 0 unspecified atom stereocenters. The monoisotopic (exact) mass is 435 g/mol. The molecule has 1 heterocycles. The Morgan fingerprint density at radius 1 is 0.903 bits per heavy atom. The fourth-order valence-electron chi connectivity index (χ4n) is 4.74. The smallest absolute Gasteiger partial charge is 0.251 e. The van der Waals surface area contributed by atoms with Crippen LogP contribution >= 0.6 is 0 Å². The summed E-state index contributed by atoms with van der Waals surface area (Å²) in [4.78, 5) is 3.44. The van der Waals surface area contributed by atoms with Crippen molar-refractivity contribution in [2.45, 2.75) is 89.6 Å². The maximum atomic E-state index is 14.7.